The minimum Gasteiger partial charge on any atom is -0.479 e. The number of hydrogen-bond donors (Lipinski definition) is 1. The molecule has 1 atom stereocenters. The molecule has 136 valence electrons. The first-order valence-electron chi connectivity index (χ1n) is 7.61. The lowest BCUT2D eigenvalue weighted by Gasteiger charge is -2.19. The van der Waals surface area contributed by atoms with Gasteiger partial charge in [-0.2, -0.15) is 0 Å². The quantitative estimate of drug-likeness (QED) is 0.331. The Morgan fingerprint density at radius 2 is 1.96 bits per heavy atom. The molecule has 0 spiro atoms. The largest absolute Gasteiger partial charge is 0.479 e. The molecule has 2 heterocycles. The lowest BCUT2D eigenvalue weighted by atomic mass is 10.3. The monoisotopic (exact) mass is 349 g/mol. The second-order valence-electron chi connectivity index (χ2n) is 5.27. The highest BCUT2D eigenvalue weighted by Crippen LogP contribution is 2.21. The van der Waals surface area contributed by atoms with E-state index >= 15 is 0 Å². The van der Waals surface area contributed by atoms with Gasteiger partial charge in [0.1, 0.15) is 11.4 Å². The van der Waals surface area contributed by atoms with E-state index in [1.807, 2.05) is 23.8 Å². The fourth-order valence-corrected chi connectivity index (χ4v) is 2.19. The molecule has 0 radical (unpaired) electrons. The van der Waals surface area contributed by atoms with Crippen molar-refractivity contribution in [1.29, 1.82) is 0 Å². The molecule has 1 unspecified atom stereocenters. The molecule has 2 aromatic rings. The Morgan fingerprint density at radius 3 is 2.52 bits per heavy atom. The van der Waals surface area contributed by atoms with Gasteiger partial charge in [-0.1, -0.05) is 5.16 Å². The molecular weight excluding hydrogens is 326 g/mol. The summed E-state index contributed by atoms with van der Waals surface area (Å²) in [5.74, 6) is 0.511. The van der Waals surface area contributed by atoms with Gasteiger partial charge in [0.05, 0.1) is 19.1 Å². The Kier molecular flexibility index (Phi) is 6.31. The van der Waals surface area contributed by atoms with Crippen LogP contribution in [0.5, 0.6) is 5.88 Å². The van der Waals surface area contributed by atoms with Crippen LogP contribution in [0.2, 0.25) is 0 Å². The van der Waals surface area contributed by atoms with Gasteiger partial charge in [-0.15, -0.1) is 0 Å². The van der Waals surface area contributed by atoms with Crippen LogP contribution < -0.4 is 10.5 Å². The molecule has 0 amide bonds. The lowest BCUT2D eigenvalue weighted by Crippen LogP contribution is -2.29. The molecule has 0 aliphatic rings. The Bertz CT molecular complexity index is 727. The molecule has 0 aliphatic heterocycles. The van der Waals surface area contributed by atoms with E-state index in [2.05, 4.69) is 15.1 Å². The molecule has 0 bridgehead atoms. The van der Waals surface area contributed by atoms with Gasteiger partial charge in [-0.25, -0.2) is 9.97 Å². The number of hydrogen-bond acceptors (Lipinski definition) is 7. The van der Waals surface area contributed by atoms with Gasteiger partial charge in [0.15, 0.2) is 18.2 Å². The summed E-state index contributed by atoms with van der Waals surface area (Å²) >= 11 is 0. The van der Waals surface area contributed by atoms with E-state index < -0.39 is 12.4 Å². The van der Waals surface area contributed by atoms with E-state index in [1.165, 1.54) is 21.3 Å². The number of oxime groups is 1. The summed E-state index contributed by atoms with van der Waals surface area (Å²) in [5, 5.41) is 3.89. The van der Waals surface area contributed by atoms with Crippen molar-refractivity contribution in [3.8, 4) is 11.6 Å². The van der Waals surface area contributed by atoms with Crippen molar-refractivity contribution in [2.24, 2.45) is 10.9 Å². The summed E-state index contributed by atoms with van der Waals surface area (Å²) in [6.45, 7) is 3.66. The van der Waals surface area contributed by atoms with Gasteiger partial charge in [0.25, 0.3) is 0 Å². The number of nitrogens with zero attached hydrogens (tertiary/aromatic N) is 4. The lowest BCUT2D eigenvalue weighted by molar-refractivity contribution is -0.175. The number of rotatable bonds is 8. The van der Waals surface area contributed by atoms with Crippen LogP contribution in [0, 0.1) is 6.92 Å². The Balaban J connectivity index is 2.20. The molecule has 0 fully saturated rings. The summed E-state index contributed by atoms with van der Waals surface area (Å²) in [7, 11) is 4.57. The van der Waals surface area contributed by atoms with Crippen LogP contribution in [-0.4, -0.2) is 54.1 Å². The topological polar surface area (TPSA) is 106 Å². The molecule has 25 heavy (non-hydrogen) atoms. The third kappa shape index (κ3) is 4.46. The first-order chi connectivity index (χ1) is 12.0. The Labute approximate surface area is 146 Å². The molecule has 9 heteroatoms. The third-order valence-electron chi connectivity index (χ3n) is 3.45. The van der Waals surface area contributed by atoms with Crippen LogP contribution in [0.3, 0.4) is 0 Å². The second kappa shape index (κ2) is 8.45. The molecule has 2 rings (SSSR count). The van der Waals surface area contributed by atoms with Gasteiger partial charge >= 0.3 is 0 Å². The van der Waals surface area contributed by atoms with E-state index in [9.17, 15) is 0 Å². The van der Waals surface area contributed by atoms with Gasteiger partial charge in [-0.05, 0) is 26.0 Å². The summed E-state index contributed by atoms with van der Waals surface area (Å²) in [6.07, 6.45) is 2.57. The van der Waals surface area contributed by atoms with Gasteiger partial charge in [0.2, 0.25) is 5.88 Å². The highest BCUT2D eigenvalue weighted by atomic mass is 16.7. The fraction of sp³-hybridized carbons (Fsp3) is 0.438. The predicted molar refractivity (Wildman–Crippen MR) is 91.7 cm³/mol. The molecule has 9 nitrogen and oxygen atoms in total. The summed E-state index contributed by atoms with van der Waals surface area (Å²) < 4.78 is 17.4. The number of pyridine rings is 1. The van der Waals surface area contributed by atoms with Crippen LogP contribution in [0.1, 0.15) is 18.3 Å². The van der Waals surface area contributed by atoms with Crippen molar-refractivity contribution in [2.45, 2.75) is 26.2 Å². The van der Waals surface area contributed by atoms with Gasteiger partial charge in [-0.3, -0.25) is 0 Å². The van der Waals surface area contributed by atoms with Crippen molar-refractivity contribution in [3.05, 3.63) is 36.0 Å². The molecule has 0 aliphatic carbocycles. The number of imidazole rings is 1. The van der Waals surface area contributed by atoms with Crippen molar-refractivity contribution >= 4 is 5.84 Å². The summed E-state index contributed by atoms with van der Waals surface area (Å²) in [5.41, 5.74) is 8.01. The molecular formula is C16H23N5O4. The highest BCUT2D eigenvalue weighted by molar-refractivity contribution is 5.95. The maximum atomic E-state index is 5.95. The zero-order valence-electron chi connectivity index (χ0n) is 15.0. The number of nitrogens with two attached hydrogens (primary N) is 1. The number of amidine groups is 1. The number of ether oxygens (including phenoxy) is 3. The SMILES string of the molecule is COc1nc(C(N)=NOC(C)C(OC)OC)ccc1-n1cnc(C)c1. The Hall–Kier alpha value is -2.65. The summed E-state index contributed by atoms with van der Waals surface area (Å²) in [6, 6.07) is 3.55. The van der Waals surface area contributed by atoms with Crippen LogP contribution in [0.25, 0.3) is 5.69 Å². The van der Waals surface area contributed by atoms with Crippen molar-refractivity contribution in [2.75, 3.05) is 21.3 Å². The molecule has 2 aromatic heterocycles. The average molecular weight is 349 g/mol. The standard InChI is InChI=1S/C16H23N5O4/c1-10-8-21(9-18-10)13-7-6-12(19-15(13)22-3)14(17)20-25-11(2)16(23-4)24-5/h6-9,11,16H,1-5H3,(H2,17,20). The Morgan fingerprint density at radius 1 is 1.24 bits per heavy atom. The van der Waals surface area contributed by atoms with E-state index in [0.29, 0.717) is 11.6 Å². The van der Waals surface area contributed by atoms with E-state index in [4.69, 9.17) is 24.8 Å². The maximum absolute atomic E-state index is 5.95. The van der Waals surface area contributed by atoms with Crippen LogP contribution in [-0.2, 0) is 14.3 Å². The smallest absolute Gasteiger partial charge is 0.238 e. The number of aryl methyl sites for hydroxylation is 1. The van der Waals surface area contributed by atoms with Crippen LogP contribution in [0.15, 0.2) is 29.8 Å². The van der Waals surface area contributed by atoms with Crippen LogP contribution in [0.4, 0.5) is 0 Å². The van der Waals surface area contributed by atoms with Crippen molar-refractivity contribution in [3.63, 3.8) is 0 Å². The molecule has 2 N–H and O–H groups in total. The van der Waals surface area contributed by atoms with E-state index in [0.717, 1.165) is 11.4 Å². The molecule has 0 saturated carbocycles. The zero-order valence-corrected chi connectivity index (χ0v) is 15.0. The highest BCUT2D eigenvalue weighted by Gasteiger charge is 2.18. The number of aromatic nitrogens is 3. The third-order valence-corrected chi connectivity index (χ3v) is 3.45. The summed E-state index contributed by atoms with van der Waals surface area (Å²) in [4.78, 5) is 13.9. The molecule has 0 saturated heterocycles. The first-order valence-corrected chi connectivity index (χ1v) is 7.61. The number of methoxy groups -OCH3 is 3. The van der Waals surface area contributed by atoms with E-state index in [-0.39, 0.29) is 5.84 Å². The van der Waals surface area contributed by atoms with Crippen LogP contribution >= 0.6 is 0 Å². The van der Waals surface area contributed by atoms with Crippen molar-refractivity contribution in [1.82, 2.24) is 14.5 Å². The normalized spacial score (nSPS) is 13.1. The minimum absolute atomic E-state index is 0.115. The molecule has 0 aromatic carbocycles. The first kappa shape index (κ1) is 18.7. The van der Waals surface area contributed by atoms with Gasteiger partial charge in [0, 0.05) is 20.4 Å². The van der Waals surface area contributed by atoms with Crippen molar-refractivity contribution < 1.29 is 19.0 Å². The average Bonchev–Trinajstić information content (AvgIpc) is 3.06. The zero-order chi connectivity index (χ0) is 18.4. The predicted octanol–water partition coefficient (Wildman–Crippen LogP) is 1.23. The maximum Gasteiger partial charge on any atom is 0.238 e. The van der Waals surface area contributed by atoms with E-state index in [1.54, 1.807) is 19.3 Å². The van der Waals surface area contributed by atoms with Gasteiger partial charge < -0.3 is 29.3 Å². The fourth-order valence-electron chi connectivity index (χ4n) is 2.19. The minimum atomic E-state index is -0.550. The second-order valence-corrected chi connectivity index (χ2v) is 5.27.